The lowest BCUT2D eigenvalue weighted by molar-refractivity contribution is -0.123. The molecule has 1 heterocycles. The van der Waals surface area contributed by atoms with Gasteiger partial charge in [0.15, 0.2) is 0 Å². The van der Waals surface area contributed by atoms with Gasteiger partial charge in [-0.05, 0) is 37.7 Å². The van der Waals surface area contributed by atoms with E-state index < -0.39 is 5.56 Å². The quantitative estimate of drug-likeness (QED) is 0.919. The molecule has 6 nitrogen and oxygen atoms in total. The van der Waals surface area contributed by atoms with Crippen molar-refractivity contribution in [2.75, 3.05) is 0 Å². The molecule has 0 aromatic carbocycles. The highest BCUT2D eigenvalue weighted by Gasteiger charge is 2.28. The van der Waals surface area contributed by atoms with Gasteiger partial charge < -0.3 is 5.32 Å². The van der Waals surface area contributed by atoms with Crippen LogP contribution in [0.1, 0.15) is 49.9 Å². The second-order valence-electron chi connectivity index (χ2n) is 6.60. The monoisotopic (exact) mass is 316 g/mol. The first-order valence-corrected chi connectivity index (χ1v) is 8.13. The summed E-state index contributed by atoms with van der Waals surface area (Å²) in [6.07, 6.45) is 3.27. The average molecular weight is 316 g/mol. The summed E-state index contributed by atoms with van der Waals surface area (Å²) < 4.78 is 1.09. The molecule has 2 rings (SSSR count). The van der Waals surface area contributed by atoms with Gasteiger partial charge in [0.05, 0.1) is 5.69 Å². The number of carbonyl (C=O) groups excluding carboxylic acids is 1. The van der Waals surface area contributed by atoms with Crippen LogP contribution in [0.25, 0.3) is 0 Å². The van der Waals surface area contributed by atoms with Gasteiger partial charge in [-0.15, -0.1) is 0 Å². The predicted octanol–water partition coefficient (Wildman–Crippen LogP) is 1.67. The Balaban J connectivity index is 2.14. The summed E-state index contributed by atoms with van der Waals surface area (Å²) in [4.78, 5) is 24.5. The first kappa shape index (κ1) is 17.2. The number of hydrogen-bond acceptors (Lipinski definition) is 4. The van der Waals surface area contributed by atoms with Gasteiger partial charge in [-0.2, -0.15) is 10.4 Å². The lowest BCUT2D eigenvalue weighted by Crippen LogP contribution is -2.46. The van der Waals surface area contributed by atoms with Crippen LogP contribution in [0, 0.1) is 37.0 Å². The highest BCUT2D eigenvalue weighted by molar-refractivity contribution is 5.76. The first-order chi connectivity index (χ1) is 10.8. The van der Waals surface area contributed by atoms with E-state index in [1.165, 1.54) is 6.42 Å². The molecule has 1 fully saturated rings. The smallest absolute Gasteiger partial charge is 0.285 e. The number of nitrogens with zero attached hydrogens (tertiary/aromatic N) is 3. The van der Waals surface area contributed by atoms with E-state index in [0.29, 0.717) is 23.1 Å². The van der Waals surface area contributed by atoms with E-state index in [1.54, 1.807) is 13.8 Å². The predicted molar refractivity (Wildman–Crippen MR) is 86.8 cm³/mol. The molecule has 0 saturated heterocycles. The van der Waals surface area contributed by atoms with Crippen molar-refractivity contribution >= 4 is 5.91 Å². The minimum absolute atomic E-state index is 0.0601. The van der Waals surface area contributed by atoms with E-state index in [-0.39, 0.29) is 24.1 Å². The maximum absolute atomic E-state index is 12.3. The van der Waals surface area contributed by atoms with E-state index in [4.69, 9.17) is 5.26 Å². The summed E-state index contributed by atoms with van der Waals surface area (Å²) in [5.41, 5.74) is 0.721. The van der Waals surface area contributed by atoms with Crippen LogP contribution in [0.2, 0.25) is 0 Å². The molecule has 1 aromatic heterocycles. The summed E-state index contributed by atoms with van der Waals surface area (Å²) in [6, 6.07) is 2.05. The number of aryl methyl sites for hydroxylation is 1. The van der Waals surface area contributed by atoms with Gasteiger partial charge in [0, 0.05) is 6.04 Å². The van der Waals surface area contributed by atoms with Gasteiger partial charge in [-0.3, -0.25) is 9.59 Å². The van der Waals surface area contributed by atoms with Crippen molar-refractivity contribution in [3.8, 4) is 6.07 Å². The molecule has 1 N–H and O–H groups in total. The summed E-state index contributed by atoms with van der Waals surface area (Å²) in [5, 5.41) is 16.3. The van der Waals surface area contributed by atoms with Gasteiger partial charge in [0.25, 0.3) is 5.56 Å². The molecular weight excluding hydrogens is 292 g/mol. The Morgan fingerprint density at radius 2 is 2.09 bits per heavy atom. The number of rotatable bonds is 3. The minimum Gasteiger partial charge on any atom is -0.351 e. The van der Waals surface area contributed by atoms with E-state index in [0.717, 1.165) is 17.5 Å². The molecular formula is C17H24N4O2. The van der Waals surface area contributed by atoms with Crippen LogP contribution in [0.15, 0.2) is 4.79 Å². The molecule has 23 heavy (non-hydrogen) atoms. The summed E-state index contributed by atoms with van der Waals surface area (Å²) >= 11 is 0. The van der Waals surface area contributed by atoms with Crippen LogP contribution in [0.4, 0.5) is 0 Å². The Morgan fingerprint density at radius 3 is 2.74 bits per heavy atom. The van der Waals surface area contributed by atoms with Gasteiger partial charge in [-0.25, -0.2) is 4.68 Å². The molecule has 3 unspecified atom stereocenters. The highest BCUT2D eigenvalue weighted by atomic mass is 16.2. The van der Waals surface area contributed by atoms with Crippen LogP contribution in [-0.2, 0) is 11.3 Å². The molecule has 0 aliphatic heterocycles. The van der Waals surface area contributed by atoms with Crippen LogP contribution in [-0.4, -0.2) is 21.7 Å². The number of nitriles is 1. The fourth-order valence-electron chi connectivity index (χ4n) is 3.18. The Labute approximate surface area is 136 Å². The van der Waals surface area contributed by atoms with Crippen molar-refractivity contribution in [1.82, 2.24) is 15.1 Å². The third-order valence-corrected chi connectivity index (χ3v) is 5.10. The van der Waals surface area contributed by atoms with Gasteiger partial charge in [0.2, 0.25) is 5.91 Å². The Morgan fingerprint density at radius 1 is 1.39 bits per heavy atom. The van der Waals surface area contributed by atoms with E-state index in [1.807, 2.05) is 6.07 Å². The molecule has 1 aliphatic rings. The highest BCUT2D eigenvalue weighted by Crippen LogP contribution is 2.29. The molecule has 1 aliphatic carbocycles. The van der Waals surface area contributed by atoms with Crippen molar-refractivity contribution in [3.05, 3.63) is 27.2 Å². The van der Waals surface area contributed by atoms with Gasteiger partial charge in [-0.1, -0.05) is 26.7 Å². The zero-order valence-electron chi connectivity index (χ0n) is 14.2. The Kier molecular flexibility index (Phi) is 5.19. The fourth-order valence-corrected chi connectivity index (χ4v) is 3.18. The van der Waals surface area contributed by atoms with Crippen LogP contribution in [0.3, 0.4) is 0 Å². The topological polar surface area (TPSA) is 87.8 Å². The second-order valence-corrected chi connectivity index (χ2v) is 6.60. The number of carbonyl (C=O) groups is 1. The number of amides is 1. The first-order valence-electron chi connectivity index (χ1n) is 8.13. The largest absolute Gasteiger partial charge is 0.351 e. The molecule has 124 valence electrons. The summed E-state index contributed by atoms with van der Waals surface area (Å²) in [7, 11) is 0. The average Bonchev–Trinajstić information content (AvgIpc) is 2.50. The normalized spacial score (nSPS) is 24.0. The number of nitrogens with one attached hydrogen (secondary N) is 1. The lowest BCUT2D eigenvalue weighted by Gasteiger charge is -2.34. The van der Waals surface area contributed by atoms with Crippen LogP contribution < -0.4 is 10.9 Å². The number of aromatic nitrogens is 2. The van der Waals surface area contributed by atoms with E-state index in [9.17, 15) is 9.59 Å². The SMILES string of the molecule is Cc1nn(CC(=O)NC2CCCC(C)C2C)c(=O)c(C#N)c1C. The van der Waals surface area contributed by atoms with E-state index >= 15 is 0 Å². The molecule has 0 radical (unpaired) electrons. The molecule has 1 aromatic rings. The van der Waals surface area contributed by atoms with Gasteiger partial charge >= 0.3 is 0 Å². The van der Waals surface area contributed by atoms with Gasteiger partial charge in [0.1, 0.15) is 18.2 Å². The van der Waals surface area contributed by atoms with E-state index in [2.05, 4.69) is 24.3 Å². The maximum atomic E-state index is 12.3. The standard InChI is InChI=1S/C17H24N4O2/c1-10-6-5-7-15(11(10)2)19-16(22)9-21-17(23)14(8-18)12(3)13(4)20-21/h10-11,15H,5-7,9H2,1-4H3,(H,19,22). The fraction of sp³-hybridized carbons (Fsp3) is 0.647. The van der Waals surface area contributed by atoms with Crippen molar-refractivity contribution in [1.29, 1.82) is 5.26 Å². The molecule has 0 bridgehead atoms. The lowest BCUT2D eigenvalue weighted by atomic mass is 9.78. The molecule has 0 spiro atoms. The van der Waals surface area contributed by atoms with Crippen LogP contribution >= 0.6 is 0 Å². The summed E-state index contributed by atoms with van der Waals surface area (Å²) in [6.45, 7) is 7.64. The Hall–Kier alpha value is -2.16. The molecule has 3 atom stereocenters. The second kappa shape index (κ2) is 6.95. The zero-order chi connectivity index (χ0) is 17.1. The minimum atomic E-state index is -0.504. The van der Waals surface area contributed by atoms with Crippen molar-refractivity contribution < 1.29 is 4.79 Å². The third-order valence-electron chi connectivity index (χ3n) is 5.10. The molecule has 1 amide bonds. The van der Waals surface area contributed by atoms with Crippen molar-refractivity contribution in [2.24, 2.45) is 11.8 Å². The Bertz CT molecular complexity index is 702. The zero-order valence-corrected chi connectivity index (χ0v) is 14.2. The van der Waals surface area contributed by atoms with Crippen molar-refractivity contribution in [2.45, 2.75) is 59.5 Å². The maximum Gasteiger partial charge on any atom is 0.285 e. The molecule has 1 saturated carbocycles. The van der Waals surface area contributed by atoms with Crippen LogP contribution in [0.5, 0.6) is 0 Å². The van der Waals surface area contributed by atoms with Crippen molar-refractivity contribution in [3.63, 3.8) is 0 Å². The summed E-state index contributed by atoms with van der Waals surface area (Å²) in [5.74, 6) is 0.784. The molecule has 6 heteroatoms. The number of hydrogen-bond donors (Lipinski definition) is 1. The third kappa shape index (κ3) is 3.61.